The van der Waals surface area contributed by atoms with Crippen molar-refractivity contribution in [3.8, 4) is 0 Å². The van der Waals surface area contributed by atoms with E-state index in [1.165, 1.54) is 38.5 Å². The highest BCUT2D eigenvalue weighted by Gasteiger charge is 2.53. The Labute approximate surface area is 127 Å². The summed E-state index contributed by atoms with van der Waals surface area (Å²) in [6, 6.07) is 0. The van der Waals surface area contributed by atoms with Gasteiger partial charge >= 0.3 is 0 Å². The van der Waals surface area contributed by atoms with Crippen molar-refractivity contribution in [2.75, 3.05) is 0 Å². The van der Waals surface area contributed by atoms with E-state index in [1.807, 2.05) is 0 Å². The van der Waals surface area contributed by atoms with Crippen molar-refractivity contribution in [1.82, 2.24) is 0 Å². The molecule has 3 rings (SSSR count). The molecule has 0 aliphatic heterocycles. The zero-order valence-electron chi connectivity index (χ0n) is 14.2. The minimum Gasteiger partial charge on any atom is -0.0654 e. The van der Waals surface area contributed by atoms with Crippen LogP contribution in [0.15, 0.2) is 0 Å². The van der Waals surface area contributed by atoms with Crippen LogP contribution in [0.25, 0.3) is 0 Å². The Balaban J connectivity index is 1.80. The summed E-state index contributed by atoms with van der Waals surface area (Å²) in [7, 11) is 0. The van der Waals surface area contributed by atoms with Crippen LogP contribution < -0.4 is 0 Å². The second-order valence-electron chi connectivity index (χ2n) is 8.67. The quantitative estimate of drug-likeness (QED) is 0.556. The van der Waals surface area contributed by atoms with E-state index in [-0.39, 0.29) is 0 Å². The van der Waals surface area contributed by atoms with Crippen molar-refractivity contribution in [3.63, 3.8) is 0 Å². The van der Waals surface area contributed by atoms with Gasteiger partial charge in [0, 0.05) is 0 Å². The van der Waals surface area contributed by atoms with Gasteiger partial charge in [0.2, 0.25) is 0 Å². The number of rotatable bonds is 3. The molecule has 0 saturated heterocycles. The smallest absolute Gasteiger partial charge is 0.0264 e. The minimum absolute atomic E-state index is 0.714. The molecule has 0 bridgehead atoms. The molecule has 0 aromatic heterocycles. The normalized spacial score (nSPS) is 48.5. The van der Waals surface area contributed by atoms with Gasteiger partial charge in [0.15, 0.2) is 0 Å². The molecule has 3 aliphatic rings. The topological polar surface area (TPSA) is 0 Å². The van der Waals surface area contributed by atoms with Crippen LogP contribution in [0.2, 0.25) is 0 Å². The van der Waals surface area contributed by atoms with E-state index in [9.17, 15) is 0 Å². The first-order valence-corrected chi connectivity index (χ1v) is 9.66. The summed E-state index contributed by atoms with van der Waals surface area (Å²) in [5.41, 5.74) is 0.714. The van der Waals surface area contributed by atoms with Crippen LogP contribution in [0, 0.1) is 35.0 Å². The van der Waals surface area contributed by atoms with Crippen LogP contribution in [-0.2, 0) is 0 Å². The lowest BCUT2D eigenvalue weighted by molar-refractivity contribution is -0.102. The molecule has 0 heterocycles. The van der Waals surface area contributed by atoms with Crippen LogP contribution in [-0.4, -0.2) is 0 Å². The Morgan fingerprint density at radius 3 is 2.60 bits per heavy atom. The number of hydrogen-bond donors (Lipinski definition) is 0. The Morgan fingerprint density at radius 1 is 1.00 bits per heavy atom. The molecule has 0 N–H and O–H groups in total. The van der Waals surface area contributed by atoms with Gasteiger partial charge in [-0.3, -0.25) is 0 Å². The average Bonchev–Trinajstić information content (AvgIpc) is 2.45. The van der Waals surface area contributed by atoms with Gasteiger partial charge in [-0.05, 0) is 60.7 Å². The maximum absolute atomic E-state index is 2.70. The molecule has 0 amide bonds. The molecular weight excluding hydrogens is 240 g/mol. The second kappa shape index (κ2) is 6.01. The highest BCUT2D eigenvalue weighted by atomic mass is 14.6. The largest absolute Gasteiger partial charge is 0.0654 e. The fourth-order valence-electron chi connectivity index (χ4n) is 6.73. The molecular formula is C20H36. The van der Waals surface area contributed by atoms with Crippen LogP contribution in [0.5, 0.6) is 0 Å². The number of unbranched alkanes of at least 4 members (excludes halogenated alkanes) is 1. The van der Waals surface area contributed by atoms with E-state index in [0.717, 1.165) is 29.6 Å². The van der Waals surface area contributed by atoms with Gasteiger partial charge in [0.1, 0.15) is 0 Å². The lowest BCUT2D eigenvalue weighted by Crippen LogP contribution is -2.51. The fourth-order valence-corrected chi connectivity index (χ4v) is 6.73. The van der Waals surface area contributed by atoms with Crippen molar-refractivity contribution in [1.29, 1.82) is 0 Å². The van der Waals surface area contributed by atoms with Gasteiger partial charge in [0.25, 0.3) is 0 Å². The van der Waals surface area contributed by atoms with Crippen LogP contribution >= 0.6 is 0 Å². The van der Waals surface area contributed by atoms with Gasteiger partial charge < -0.3 is 0 Å². The number of fused-ring (bicyclic) bond motifs is 3. The Kier molecular flexibility index (Phi) is 4.48. The molecule has 116 valence electrons. The fraction of sp³-hybridized carbons (Fsp3) is 1.00. The lowest BCUT2D eigenvalue weighted by Gasteiger charge is -2.59. The predicted octanol–water partition coefficient (Wildman–Crippen LogP) is 6.45. The van der Waals surface area contributed by atoms with Crippen molar-refractivity contribution >= 4 is 0 Å². The molecule has 0 nitrogen and oxygen atoms in total. The van der Waals surface area contributed by atoms with Gasteiger partial charge in [0.05, 0.1) is 0 Å². The summed E-state index contributed by atoms with van der Waals surface area (Å²) in [6.45, 7) is 7.66. The van der Waals surface area contributed by atoms with Crippen molar-refractivity contribution in [2.45, 2.75) is 91.4 Å². The zero-order valence-corrected chi connectivity index (χ0v) is 14.2. The maximum atomic E-state index is 2.70. The van der Waals surface area contributed by atoms with Crippen molar-refractivity contribution in [2.24, 2.45) is 35.0 Å². The summed E-state index contributed by atoms with van der Waals surface area (Å²) >= 11 is 0. The monoisotopic (exact) mass is 276 g/mol. The summed E-state index contributed by atoms with van der Waals surface area (Å²) in [6.07, 6.45) is 16.7. The third-order valence-corrected chi connectivity index (χ3v) is 7.65. The first-order valence-electron chi connectivity index (χ1n) is 9.66. The summed E-state index contributed by atoms with van der Waals surface area (Å²) in [5.74, 6) is 5.31. The van der Waals surface area contributed by atoms with Crippen LogP contribution in [0.1, 0.15) is 91.4 Å². The molecule has 6 unspecified atom stereocenters. The first-order chi connectivity index (χ1) is 9.66. The minimum atomic E-state index is 0.714. The maximum Gasteiger partial charge on any atom is -0.0264 e. The Bertz CT molecular complexity index is 320. The molecule has 0 spiro atoms. The highest BCUT2D eigenvalue weighted by molar-refractivity contribution is 5.02. The Morgan fingerprint density at radius 2 is 1.80 bits per heavy atom. The molecule has 6 atom stereocenters. The SMILES string of the molecule is CCCCC1CCCC2C1CC(C)C1CCCCC12C. The molecule has 0 radical (unpaired) electrons. The summed E-state index contributed by atoms with van der Waals surface area (Å²) < 4.78 is 0. The van der Waals surface area contributed by atoms with Crippen LogP contribution in [0.3, 0.4) is 0 Å². The van der Waals surface area contributed by atoms with E-state index in [4.69, 9.17) is 0 Å². The van der Waals surface area contributed by atoms with E-state index in [0.29, 0.717) is 5.41 Å². The molecule has 3 saturated carbocycles. The van der Waals surface area contributed by atoms with Crippen LogP contribution in [0.4, 0.5) is 0 Å². The van der Waals surface area contributed by atoms with E-state index in [2.05, 4.69) is 20.8 Å². The molecule has 20 heavy (non-hydrogen) atoms. The van der Waals surface area contributed by atoms with E-state index in [1.54, 1.807) is 32.1 Å². The molecule has 0 heteroatoms. The average molecular weight is 277 g/mol. The van der Waals surface area contributed by atoms with E-state index >= 15 is 0 Å². The second-order valence-corrected chi connectivity index (χ2v) is 8.67. The summed E-state index contributed by atoms with van der Waals surface area (Å²) in [5, 5.41) is 0. The standard InChI is InChI=1S/C20H36/c1-4-5-9-16-10-8-12-19-17(16)14-15(2)18-11-6-7-13-20(18,19)3/h15-19H,4-14H2,1-3H3. The van der Waals surface area contributed by atoms with Crippen molar-refractivity contribution < 1.29 is 0 Å². The van der Waals surface area contributed by atoms with Gasteiger partial charge in [-0.15, -0.1) is 0 Å². The third-order valence-electron chi connectivity index (χ3n) is 7.65. The highest BCUT2D eigenvalue weighted by Crippen LogP contribution is 2.62. The molecule has 3 fully saturated rings. The molecule has 0 aromatic rings. The van der Waals surface area contributed by atoms with E-state index < -0.39 is 0 Å². The van der Waals surface area contributed by atoms with Gasteiger partial charge in [-0.25, -0.2) is 0 Å². The molecule has 3 aliphatic carbocycles. The summed E-state index contributed by atoms with van der Waals surface area (Å²) in [4.78, 5) is 0. The predicted molar refractivity (Wildman–Crippen MR) is 87.7 cm³/mol. The van der Waals surface area contributed by atoms with Gasteiger partial charge in [-0.2, -0.15) is 0 Å². The van der Waals surface area contributed by atoms with Gasteiger partial charge in [-0.1, -0.05) is 65.7 Å². The number of hydrogen-bond acceptors (Lipinski definition) is 0. The van der Waals surface area contributed by atoms with Crippen molar-refractivity contribution in [3.05, 3.63) is 0 Å². The Hall–Kier alpha value is 0. The molecule has 0 aromatic carbocycles. The first kappa shape index (κ1) is 14.9. The third kappa shape index (κ3) is 2.46. The lowest BCUT2D eigenvalue weighted by atomic mass is 9.45. The zero-order chi connectivity index (χ0) is 14.2.